The molecule has 0 saturated carbocycles. The first kappa shape index (κ1) is 25.9. The van der Waals surface area contributed by atoms with Crippen LogP contribution >= 0.6 is 23.4 Å². The van der Waals surface area contributed by atoms with E-state index in [0.29, 0.717) is 38.9 Å². The second-order valence-corrected chi connectivity index (χ2v) is 10.6. The summed E-state index contributed by atoms with van der Waals surface area (Å²) in [5, 5.41) is 18.2. The largest absolute Gasteiger partial charge is 0.493 e. The van der Waals surface area contributed by atoms with Crippen LogP contribution < -0.4 is 9.47 Å². The number of amidine groups is 2. The fourth-order valence-electron chi connectivity index (χ4n) is 4.50. The van der Waals surface area contributed by atoms with Gasteiger partial charge in [0.1, 0.15) is 11.7 Å². The summed E-state index contributed by atoms with van der Waals surface area (Å²) < 4.78 is 11.7. The number of halogens is 1. The van der Waals surface area contributed by atoms with Gasteiger partial charge in [-0.2, -0.15) is 15.1 Å². The molecule has 7 nitrogen and oxygen atoms in total. The Balaban J connectivity index is 1.27. The number of hydrazone groups is 1. The number of carbonyl (C=O) groups excluding carboxylic acids is 1. The number of thioether (sulfide) groups is 1. The maximum absolute atomic E-state index is 12.9. The fourth-order valence-corrected chi connectivity index (χ4v) is 5.67. The number of hydrogen-bond acceptors (Lipinski definition) is 6. The number of ether oxygens (including phenoxy) is 2. The van der Waals surface area contributed by atoms with Crippen LogP contribution in [0.1, 0.15) is 22.3 Å². The molecule has 0 spiro atoms. The lowest BCUT2D eigenvalue weighted by Gasteiger charge is -2.20. The molecule has 4 aromatic rings. The molecule has 9 heteroatoms. The lowest BCUT2D eigenvalue weighted by molar-refractivity contribution is -0.114. The van der Waals surface area contributed by atoms with Crippen LogP contribution in [-0.2, 0) is 11.4 Å². The van der Waals surface area contributed by atoms with Gasteiger partial charge in [0, 0.05) is 5.56 Å². The number of benzene rings is 4. The van der Waals surface area contributed by atoms with E-state index in [1.807, 2.05) is 55.5 Å². The van der Waals surface area contributed by atoms with Gasteiger partial charge in [0.15, 0.2) is 17.3 Å². The van der Waals surface area contributed by atoms with Crippen LogP contribution in [0.3, 0.4) is 0 Å². The number of hydrogen-bond donors (Lipinski definition) is 1. The monoisotopic (exact) mass is 566 g/mol. The molecular formula is C31H23ClN4O3S. The Labute approximate surface area is 240 Å². The topological polar surface area (TPSA) is 87.3 Å². The molecule has 0 saturated heterocycles. The van der Waals surface area contributed by atoms with Gasteiger partial charge in [-0.1, -0.05) is 83.9 Å². The van der Waals surface area contributed by atoms with Crippen molar-refractivity contribution in [1.82, 2.24) is 5.01 Å². The number of carbonyl (C=O) groups is 1. The summed E-state index contributed by atoms with van der Waals surface area (Å²) in [4.78, 5) is 17.1. The summed E-state index contributed by atoms with van der Waals surface area (Å²) in [5.74, 6) is 0.231. The molecule has 0 atom stereocenters. The van der Waals surface area contributed by atoms with Crippen molar-refractivity contribution in [2.75, 3.05) is 7.11 Å². The lowest BCUT2D eigenvalue weighted by atomic mass is 10.1. The Morgan fingerprint density at radius 1 is 1.05 bits per heavy atom. The van der Waals surface area contributed by atoms with Crippen molar-refractivity contribution in [3.63, 3.8) is 0 Å². The molecule has 0 unspecified atom stereocenters. The highest BCUT2D eigenvalue weighted by atomic mass is 35.5. The fraction of sp³-hybridized carbons (Fsp3) is 0.0968. The number of nitrogens with one attached hydrogen (secondary N) is 1. The van der Waals surface area contributed by atoms with Gasteiger partial charge in [0.05, 0.1) is 17.7 Å². The molecule has 1 amide bonds. The van der Waals surface area contributed by atoms with E-state index in [4.69, 9.17) is 26.5 Å². The zero-order chi connectivity index (χ0) is 27.8. The molecule has 2 aliphatic heterocycles. The number of methoxy groups -OCH3 is 1. The highest BCUT2D eigenvalue weighted by molar-refractivity contribution is 8.27. The van der Waals surface area contributed by atoms with Gasteiger partial charge in [-0.3, -0.25) is 10.2 Å². The molecule has 0 fully saturated rings. The van der Waals surface area contributed by atoms with E-state index in [1.54, 1.807) is 18.2 Å². The normalized spacial score (nSPS) is 15.8. The molecule has 0 aromatic heterocycles. The molecule has 0 aliphatic carbocycles. The summed E-state index contributed by atoms with van der Waals surface area (Å²) >= 11 is 7.90. The smallest absolute Gasteiger partial charge is 0.283 e. The maximum atomic E-state index is 12.9. The van der Waals surface area contributed by atoms with E-state index in [2.05, 4.69) is 28.3 Å². The van der Waals surface area contributed by atoms with Gasteiger partial charge >= 0.3 is 0 Å². The second-order valence-electron chi connectivity index (χ2n) is 9.25. The molecule has 2 heterocycles. The Kier molecular flexibility index (Phi) is 6.88. The number of rotatable bonds is 6. The highest BCUT2D eigenvalue weighted by Gasteiger charge is 2.36. The summed E-state index contributed by atoms with van der Waals surface area (Å²) in [6, 6.07) is 25.5. The van der Waals surface area contributed by atoms with E-state index in [-0.39, 0.29) is 11.4 Å². The van der Waals surface area contributed by atoms with Gasteiger partial charge in [-0.05, 0) is 58.8 Å². The zero-order valence-electron chi connectivity index (χ0n) is 21.6. The molecule has 4 aromatic carbocycles. The standard InChI is InChI=1S/C31H23ClN4O3S/c1-18-10-12-21(13-11-18)30-35-36-28(33)24(29(37)34-31(36)40-30)14-19-15-25(32)27(26(16-19)38-2)39-17-22-8-5-7-20-6-3-4-9-23(20)22/h3-16,33H,17H2,1-2H3/b24-14-,33-28?. The minimum atomic E-state index is -0.518. The SMILES string of the molecule is COc1cc(/C=C2/C(=N)N3N=C(c4ccc(C)cc4)SC3=NC2=O)cc(Cl)c1OCc1cccc2ccccc12. The molecule has 198 valence electrons. The second kappa shape index (κ2) is 10.6. The number of aryl methyl sites for hydroxylation is 1. The Hall–Kier alpha value is -4.40. The summed E-state index contributed by atoms with van der Waals surface area (Å²) in [7, 11) is 1.53. The van der Waals surface area contributed by atoms with Crippen LogP contribution in [0.5, 0.6) is 11.5 Å². The van der Waals surface area contributed by atoms with Crippen molar-refractivity contribution in [3.8, 4) is 11.5 Å². The first-order chi connectivity index (χ1) is 19.4. The van der Waals surface area contributed by atoms with Gasteiger partial charge in [0.2, 0.25) is 5.17 Å². The van der Waals surface area contributed by atoms with Crippen molar-refractivity contribution in [3.05, 3.63) is 112 Å². The molecule has 0 radical (unpaired) electrons. The third kappa shape index (κ3) is 4.87. The molecule has 1 N–H and O–H groups in total. The van der Waals surface area contributed by atoms with Crippen molar-refractivity contribution >= 4 is 62.2 Å². The van der Waals surface area contributed by atoms with Gasteiger partial charge < -0.3 is 9.47 Å². The predicted molar refractivity (Wildman–Crippen MR) is 162 cm³/mol. The highest BCUT2D eigenvalue weighted by Crippen LogP contribution is 2.38. The van der Waals surface area contributed by atoms with Gasteiger partial charge in [-0.15, -0.1) is 0 Å². The zero-order valence-corrected chi connectivity index (χ0v) is 23.2. The number of fused-ring (bicyclic) bond motifs is 2. The van der Waals surface area contributed by atoms with E-state index >= 15 is 0 Å². The Morgan fingerprint density at radius 2 is 1.82 bits per heavy atom. The van der Waals surface area contributed by atoms with Crippen LogP contribution in [0, 0.1) is 12.3 Å². The van der Waals surface area contributed by atoms with Crippen LogP contribution in [0.2, 0.25) is 5.02 Å². The first-order valence-corrected chi connectivity index (χ1v) is 13.6. The van der Waals surface area contributed by atoms with E-state index in [9.17, 15) is 4.79 Å². The van der Waals surface area contributed by atoms with E-state index in [1.165, 1.54) is 23.9 Å². The average molecular weight is 567 g/mol. The van der Waals surface area contributed by atoms with Crippen molar-refractivity contribution < 1.29 is 14.3 Å². The summed E-state index contributed by atoms with van der Waals surface area (Å²) in [5.41, 5.74) is 3.72. The Bertz CT molecular complexity index is 1770. The van der Waals surface area contributed by atoms with E-state index in [0.717, 1.165) is 27.5 Å². The van der Waals surface area contributed by atoms with E-state index < -0.39 is 5.91 Å². The average Bonchev–Trinajstić information content (AvgIpc) is 3.39. The molecule has 40 heavy (non-hydrogen) atoms. The van der Waals surface area contributed by atoms with Crippen molar-refractivity contribution in [1.29, 1.82) is 5.41 Å². The lowest BCUT2D eigenvalue weighted by Crippen LogP contribution is -2.35. The maximum Gasteiger partial charge on any atom is 0.283 e. The Morgan fingerprint density at radius 3 is 2.62 bits per heavy atom. The van der Waals surface area contributed by atoms with Crippen molar-refractivity contribution in [2.24, 2.45) is 10.1 Å². The van der Waals surface area contributed by atoms with Crippen LogP contribution in [0.4, 0.5) is 0 Å². The minimum Gasteiger partial charge on any atom is -0.493 e. The molecule has 2 aliphatic rings. The number of amides is 1. The van der Waals surface area contributed by atoms with Crippen molar-refractivity contribution in [2.45, 2.75) is 13.5 Å². The van der Waals surface area contributed by atoms with Gasteiger partial charge in [0.25, 0.3) is 5.91 Å². The quantitative estimate of drug-likeness (QED) is 0.252. The van der Waals surface area contributed by atoms with Crippen LogP contribution in [0.15, 0.2) is 94.5 Å². The number of nitrogens with zero attached hydrogens (tertiary/aromatic N) is 3. The molecular weight excluding hydrogens is 544 g/mol. The molecule has 0 bridgehead atoms. The van der Waals surface area contributed by atoms with Crippen LogP contribution in [-0.4, -0.2) is 34.1 Å². The predicted octanol–water partition coefficient (Wildman–Crippen LogP) is 7.06. The summed E-state index contributed by atoms with van der Waals surface area (Å²) in [6.07, 6.45) is 1.57. The van der Waals surface area contributed by atoms with Crippen LogP contribution in [0.25, 0.3) is 16.8 Å². The summed E-state index contributed by atoms with van der Waals surface area (Å²) in [6.45, 7) is 2.31. The number of aliphatic imine (C=N–C) groups is 1. The van der Waals surface area contributed by atoms with Gasteiger partial charge in [-0.25, -0.2) is 0 Å². The molecule has 6 rings (SSSR count). The first-order valence-electron chi connectivity index (χ1n) is 12.5. The minimum absolute atomic E-state index is 0.0593. The third-order valence-electron chi connectivity index (χ3n) is 6.57. The third-order valence-corrected chi connectivity index (χ3v) is 7.81.